The Bertz CT molecular complexity index is 416. The van der Waals surface area contributed by atoms with Crippen molar-refractivity contribution in [1.82, 2.24) is 9.97 Å². The number of carbonyl (C=O) groups is 1. The van der Waals surface area contributed by atoms with Gasteiger partial charge in [0.25, 0.3) is 5.91 Å². The van der Waals surface area contributed by atoms with E-state index < -0.39 is 5.91 Å². The standard InChI is InChI=1S/C11H17N5O/c1-7-8(10(13)17)9(12)15-11(14-7)16-5-3-2-4-6-16/h2-6H2,1H3,(H2,13,17)(H2,12,14,15). The summed E-state index contributed by atoms with van der Waals surface area (Å²) in [5.41, 5.74) is 11.8. The molecule has 1 aromatic rings. The van der Waals surface area contributed by atoms with E-state index in [0.717, 1.165) is 25.9 Å². The van der Waals surface area contributed by atoms with Gasteiger partial charge in [-0.3, -0.25) is 4.79 Å². The lowest BCUT2D eigenvalue weighted by Gasteiger charge is -2.27. The lowest BCUT2D eigenvalue weighted by Crippen LogP contribution is -2.32. The van der Waals surface area contributed by atoms with Crippen LogP contribution in [0.1, 0.15) is 35.3 Å². The number of anilines is 2. The van der Waals surface area contributed by atoms with E-state index in [0.29, 0.717) is 11.6 Å². The van der Waals surface area contributed by atoms with Crippen molar-refractivity contribution < 1.29 is 4.79 Å². The fourth-order valence-corrected chi connectivity index (χ4v) is 2.12. The molecule has 1 fully saturated rings. The van der Waals surface area contributed by atoms with Gasteiger partial charge < -0.3 is 16.4 Å². The van der Waals surface area contributed by atoms with Gasteiger partial charge in [0.15, 0.2) is 0 Å². The summed E-state index contributed by atoms with van der Waals surface area (Å²) in [7, 11) is 0. The molecule has 0 aromatic carbocycles. The van der Waals surface area contributed by atoms with Crippen LogP contribution >= 0.6 is 0 Å². The molecule has 6 nitrogen and oxygen atoms in total. The maximum absolute atomic E-state index is 11.2. The van der Waals surface area contributed by atoms with Crippen molar-refractivity contribution in [3.63, 3.8) is 0 Å². The number of nitrogen functional groups attached to an aromatic ring is 1. The molecule has 92 valence electrons. The minimum absolute atomic E-state index is 0.172. The van der Waals surface area contributed by atoms with Crippen LogP contribution < -0.4 is 16.4 Å². The third-order valence-corrected chi connectivity index (χ3v) is 2.99. The number of aryl methyl sites for hydroxylation is 1. The molecule has 0 spiro atoms. The van der Waals surface area contributed by atoms with Crippen molar-refractivity contribution in [3.05, 3.63) is 11.3 Å². The maximum Gasteiger partial charge on any atom is 0.254 e. The summed E-state index contributed by atoms with van der Waals surface area (Å²) in [6.45, 7) is 3.61. The first-order valence-electron chi connectivity index (χ1n) is 5.78. The van der Waals surface area contributed by atoms with Crippen LogP contribution in [0.2, 0.25) is 0 Å². The van der Waals surface area contributed by atoms with E-state index in [1.54, 1.807) is 6.92 Å². The Labute approximate surface area is 100 Å². The minimum Gasteiger partial charge on any atom is -0.383 e. The van der Waals surface area contributed by atoms with Gasteiger partial charge in [0.2, 0.25) is 5.95 Å². The monoisotopic (exact) mass is 235 g/mol. The van der Waals surface area contributed by atoms with Crippen LogP contribution in [-0.2, 0) is 0 Å². The summed E-state index contributed by atoms with van der Waals surface area (Å²) in [5, 5.41) is 0. The second-order valence-electron chi connectivity index (χ2n) is 4.28. The Morgan fingerprint density at radius 2 is 1.88 bits per heavy atom. The smallest absolute Gasteiger partial charge is 0.254 e. The van der Waals surface area contributed by atoms with Gasteiger partial charge in [0.05, 0.1) is 5.69 Å². The number of piperidine rings is 1. The van der Waals surface area contributed by atoms with Crippen molar-refractivity contribution in [3.8, 4) is 0 Å². The average Bonchev–Trinajstić information content (AvgIpc) is 2.28. The van der Waals surface area contributed by atoms with Gasteiger partial charge in [-0.15, -0.1) is 0 Å². The molecule has 0 saturated carbocycles. The molecule has 2 rings (SSSR count). The quantitative estimate of drug-likeness (QED) is 0.775. The number of aromatic nitrogens is 2. The molecule has 0 radical (unpaired) electrons. The molecule has 0 atom stereocenters. The maximum atomic E-state index is 11.2. The molecule has 2 heterocycles. The Hall–Kier alpha value is -1.85. The lowest BCUT2D eigenvalue weighted by molar-refractivity contribution is 0.1000. The zero-order valence-electron chi connectivity index (χ0n) is 9.94. The molecule has 0 aliphatic carbocycles. The Kier molecular flexibility index (Phi) is 3.12. The normalized spacial score (nSPS) is 15.9. The number of nitrogens with zero attached hydrogens (tertiary/aromatic N) is 3. The van der Waals surface area contributed by atoms with Gasteiger partial charge in [-0.05, 0) is 26.2 Å². The first kappa shape index (κ1) is 11.6. The highest BCUT2D eigenvalue weighted by molar-refractivity contribution is 5.98. The number of rotatable bonds is 2. The largest absolute Gasteiger partial charge is 0.383 e. The molecule has 0 unspecified atom stereocenters. The van der Waals surface area contributed by atoms with Crippen molar-refractivity contribution in [2.45, 2.75) is 26.2 Å². The van der Waals surface area contributed by atoms with Crippen LogP contribution in [-0.4, -0.2) is 29.0 Å². The highest BCUT2D eigenvalue weighted by Crippen LogP contribution is 2.20. The number of amides is 1. The second kappa shape index (κ2) is 4.57. The molecule has 1 aliphatic heterocycles. The number of primary amides is 1. The van der Waals surface area contributed by atoms with Crippen LogP contribution in [0.3, 0.4) is 0 Å². The van der Waals surface area contributed by atoms with Crippen molar-refractivity contribution in [1.29, 1.82) is 0 Å². The molecule has 4 N–H and O–H groups in total. The first-order valence-corrected chi connectivity index (χ1v) is 5.78. The van der Waals surface area contributed by atoms with Gasteiger partial charge >= 0.3 is 0 Å². The summed E-state index contributed by atoms with van der Waals surface area (Å²) in [6.07, 6.45) is 3.52. The van der Waals surface area contributed by atoms with E-state index in [9.17, 15) is 4.79 Å². The fraction of sp³-hybridized carbons (Fsp3) is 0.545. The van der Waals surface area contributed by atoms with E-state index in [1.807, 2.05) is 0 Å². The van der Waals surface area contributed by atoms with Crippen LogP contribution in [0.15, 0.2) is 0 Å². The summed E-state index contributed by atoms with van der Waals surface area (Å²) < 4.78 is 0. The molecular formula is C11H17N5O. The molecule has 1 saturated heterocycles. The van der Waals surface area contributed by atoms with Gasteiger partial charge in [0, 0.05) is 13.1 Å². The Morgan fingerprint density at radius 1 is 1.24 bits per heavy atom. The predicted octanol–water partition coefficient (Wildman–Crippen LogP) is 0.456. The molecule has 1 aromatic heterocycles. The zero-order chi connectivity index (χ0) is 12.4. The highest BCUT2D eigenvalue weighted by atomic mass is 16.1. The average molecular weight is 235 g/mol. The van der Waals surface area contributed by atoms with Crippen LogP contribution in [0.4, 0.5) is 11.8 Å². The predicted molar refractivity (Wildman–Crippen MR) is 65.8 cm³/mol. The third kappa shape index (κ3) is 2.30. The van der Waals surface area contributed by atoms with Gasteiger partial charge in [0.1, 0.15) is 11.4 Å². The van der Waals surface area contributed by atoms with Gasteiger partial charge in [-0.25, -0.2) is 4.98 Å². The van der Waals surface area contributed by atoms with Crippen molar-refractivity contribution >= 4 is 17.7 Å². The topological polar surface area (TPSA) is 98.1 Å². The molecule has 6 heteroatoms. The van der Waals surface area contributed by atoms with E-state index in [2.05, 4.69) is 14.9 Å². The van der Waals surface area contributed by atoms with Crippen molar-refractivity contribution in [2.24, 2.45) is 5.73 Å². The first-order chi connectivity index (χ1) is 8.09. The molecular weight excluding hydrogens is 218 g/mol. The van der Waals surface area contributed by atoms with E-state index in [-0.39, 0.29) is 11.4 Å². The third-order valence-electron chi connectivity index (χ3n) is 2.99. The molecule has 17 heavy (non-hydrogen) atoms. The summed E-state index contributed by atoms with van der Waals surface area (Å²) >= 11 is 0. The van der Waals surface area contributed by atoms with Crippen molar-refractivity contribution in [2.75, 3.05) is 23.7 Å². The number of hydrogen-bond donors (Lipinski definition) is 2. The Morgan fingerprint density at radius 3 is 2.41 bits per heavy atom. The van der Waals surface area contributed by atoms with Crippen LogP contribution in [0.25, 0.3) is 0 Å². The fourth-order valence-electron chi connectivity index (χ4n) is 2.12. The number of hydrogen-bond acceptors (Lipinski definition) is 5. The molecule has 0 bridgehead atoms. The summed E-state index contributed by atoms with van der Waals surface area (Å²) in [5.74, 6) is 0.195. The highest BCUT2D eigenvalue weighted by Gasteiger charge is 2.18. The SMILES string of the molecule is Cc1nc(N2CCCCC2)nc(N)c1C(N)=O. The minimum atomic E-state index is -0.579. The number of nitrogens with two attached hydrogens (primary N) is 2. The number of carbonyl (C=O) groups excluding carboxylic acids is 1. The van der Waals surface area contributed by atoms with E-state index in [4.69, 9.17) is 11.5 Å². The summed E-state index contributed by atoms with van der Waals surface area (Å²) in [6, 6.07) is 0. The second-order valence-corrected chi connectivity index (χ2v) is 4.28. The van der Waals surface area contributed by atoms with E-state index in [1.165, 1.54) is 6.42 Å². The van der Waals surface area contributed by atoms with Crippen LogP contribution in [0.5, 0.6) is 0 Å². The lowest BCUT2D eigenvalue weighted by atomic mass is 10.1. The van der Waals surface area contributed by atoms with Gasteiger partial charge in [-0.2, -0.15) is 4.98 Å². The molecule has 1 aliphatic rings. The summed E-state index contributed by atoms with van der Waals surface area (Å²) in [4.78, 5) is 21.8. The van der Waals surface area contributed by atoms with E-state index >= 15 is 0 Å². The van der Waals surface area contributed by atoms with Gasteiger partial charge in [-0.1, -0.05) is 0 Å². The zero-order valence-corrected chi connectivity index (χ0v) is 9.94. The van der Waals surface area contributed by atoms with Crippen LogP contribution in [0, 0.1) is 6.92 Å². The molecule has 1 amide bonds. The Balaban J connectivity index is 2.34.